The molecule has 0 radical (unpaired) electrons. The van der Waals surface area contributed by atoms with Crippen molar-refractivity contribution < 1.29 is 14.3 Å². The first-order valence-corrected chi connectivity index (χ1v) is 6.32. The second-order valence-electron chi connectivity index (χ2n) is 4.98. The van der Waals surface area contributed by atoms with E-state index in [9.17, 15) is 4.79 Å². The van der Waals surface area contributed by atoms with Gasteiger partial charge in [0.1, 0.15) is 6.61 Å². The Morgan fingerprint density at radius 2 is 1.72 bits per heavy atom. The van der Waals surface area contributed by atoms with Gasteiger partial charge in [-0.25, -0.2) is 4.79 Å². The lowest BCUT2D eigenvalue weighted by atomic mass is 10.1. The van der Waals surface area contributed by atoms with Crippen LogP contribution >= 0.6 is 0 Å². The van der Waals surface area contributed by atoms with Gasteiger partial charge < -0.3 is 9.47 Å². The highest BCUT2D eigenvalue weighted by Crippen LogP contribution is 2.10. The number of hydrogen-bond donors (Lipinski definition) is 0. The molecule has 18 heavy (non-hydrogen) atoms. The monoisotopic (exact) mass is 250 g/mol. The number of carbonyl (C=O) groups is 1. The fraction of sp³-hybridized carbons (Fsp3) is 0.533. The Bertz CT molecular complexity index is 376. The minimum absolute atomic E-state index is 0.282. The molecule has 1 aromatic rings. The van der Waals surface area contributed by atoms with E-state index in [1.807, 2.05) is 32.0 Å². The third kappa shape index (κ3) is 5.32. The van der Waals surface area contributed by atoms with E-state index in [2.05, 4.69) is 13.8 Å². The molecule has 0 aliphatic rings. The third-order valence-corrected chi connectivity index (χ3v) is 2.37. The predicted molar refractivity (Wildman–Crippen MR) is 71.9 cm³/mol. The number of aryl methyl sites for hydroxylation is 2. The molecule has 0 fully saturated rings. The molecule has 100 valence electrons. The molecule has 0 amide bonds. The van der Waals surface area contributed by atoms with Gasteiger partial charge in [-0.15, -0.1) is 0 Å². The molecule has 0 saturated heterocycles. The van der Waals surface area contributed by atoms with E-state index in [0.29, 0.717) is 31.3 Å². The molecule has 0 aliphatic heterocycles. The maximum atomic E-state index is 11.8. The molecule has 1 rings (SSSR count). The minimum Gasteiger partial charge on any atom is -0.460 e. The van der Waals surface area contributed by atoms with Gasteiger partial charge in [0, 0.05) is 6.61 Å². The molecule has 0 saturated carbocycles. The van der Waals surface area contributed by atoms with Crippen molar-refractivity contribution in [3.05, 3.63) is 34.9 Å². The van der Waals surface area contributed by atoms with Crippen molar-refractivity contribution in [2.75, 3.05) is 19.8 Å². The normalized spacial score (nSPS) is 10.7. The topological polar surface area (TPSA) is 35.5 Å². The average Bonchev–Trinajstić information content (AvgIpc) is 2.26. The molecule has 0 N–H and O–H groups in total. The number of esters is 1. The molecule has 0 spiro atoms. The van der Waals surface area contributed by atoms with E-state index in [-0.39, 0.29) is 5.97 Å². The zero-order valence-corrected chi connectivity index (χ0v) is 11.7. The number of rotatable bonds is 6. The Morgan fingerprint density at radius 1 is 1.11 bits per heavy atom. The zero-order chi connectivity index (χ0) is 13.5. The summed E-state index contributed by atoms with van der Waals surface area (Å²) >= 11 is 0. The smallest absolute Gasteiger partial charge is 0.338 e. The molecular formula is C15H22O3. The Kier molecular flexibility index (Phi) is 5.86. The SMILES string of the molecule is Cc1cc(C)cc(C(=O)OCCOCC(C)C)c1. The van der Waals surface area contributed by atoms with Crippen LogP contribution in [0.3, 0.4) is 0 Å². The fourth-order valence-corrected chi connectivity index (χ4v) is 1.69. The largest absolute Gasteiger partial charge is 0.460 e. The van der Waals surface area contributed by atoms with Gasteiger partial charge in [0.15, 0.2) is 0 Å². The maximum Gasteiger partial charge on any atom is 0.338 e. The van der Waals surface area contributed by atoms with Crippen LogP contribution in [0.4, 0.5) is 0 Å². The van der Waals surface area contributed by atoms with Crippen molar-refractivity contribution in [3.8, 4) is 0 Å². The summed E-state index contributed by atoms with van der Waals surface area (Å²) in [6, 6.07) is 5.71. The summed E-state index contributed by atoms with van der Waals surface area (Å²) in [6.07, 6.45) is 0. The molecule has 0 unspecified atom stereocenters. The Balaban J connectivity index is 2.36. The molecule has 0 atom stereocenters. The van der Waals surface area contributed by atoms with Crippen LogP contribution in [0.2, 0.25) is 0 Å². The van der Waals surface area contributed by atoms with Gasteiger partial charge >= 0.3 is 5.97 Å². The number of carbonyl (C=O) groups excluding carboxylic acids is 1. The lowest BCUT2D eigenvalue weighted by Gasteiger charge is -2.08. The van der Waals surface area contributed by atoms with Gasteiger partial charge in [-0.05, 0) is 31.9 Å². The van der Waals surface area contributed by atoms with Crippen molar-refractivity contribution in [3.63, 3.8) is 0 Å². The van der Waals surface area contributed by atoms with E-state index >= 15 is 0 Å². The van der Waals surface area contributed by atoms with Gasteiger partial charge in [0.25, 0.3) is 0 Å². The third-order valence-electron chi connectivity index (χ3n) is 2.37. The van der Waals surface area contributed by atoms with Crippen molar-refractivity contribution in [1.29, 1.82) is 0 Å². The maximum absolute atomic E-state index is 11.8. The summed E-state index contributed by atoms with van der Waals surface area (Å²) in [6.45, 7) is 9.56. The van der Waals surface area contributed by atoms with E-state index in [4.69, 9.17) is 9.47 Å². The standard InChI is InChI=1S/C15H22O3/c1-11(2)10-17-5-6-18-15(16)14-8-12(3)7-13(4)9-14/h7-9,11H,5-6,10H2,1-4H3. The molecule has 0 heterocycles. The highest BCUT2D eigenvalue weighted by atomic mass is 16.6. The molecule has 0 aliphatic carbocycles. The van der Waals surface area contributed by atoms with Gasteiger partial charge in [0.05, 0.1) is 12.2 Å². The summed E-state index contributed by atoms with van der Waals surface area (Å²) in [5, 5.41) is 0. The summed E-state index contributed by atoms with van der Waals surface area (Å²) in [5.74, 6) is 0.218. The van der Waals surface area contributed by atoms with Crippen LogP contribution < -0.4 is 0 Å². The van der Waals surface area contributed by atoms with Crippen LogP contribution in [0.5, 0.6) is 0 Å². The van der Waals surface area contributed by atoms with Gasteiger partial charge in [-0.1, -0.05) is 31.0 Å². The van der Waals surface area contributed by atoms with Crippen LogP contribution in [0.15, 0.2) is 18.2 Å². The van der Waals surface area contributed by atoms with Crippen LogP contribution in [0.25, 0.3) is 0 Å². The van der Waals surface area contributed by atoms with Gasteiger partial charge in [-0.3, -0.25) is 0 Å². The molecule has 0 aromatic heterocycles. The number of hydrogen-bond acceptors (Lipinski definition) is 3. The van der Waals surface area contributed by atoms with Crippen LogP contribution in [-0.2, 0) is 9.47 Å². The van der Waals surface area contributed by atoms with Crippen molar-refractivity contribution in [1.82, 2.24) is 0 Å². The van der Waals surface area contributed by atoms with E-state index in [1.165, 1.54) is 0 Å². The van der Waals surface area contributed by atoms with Gasteiger partial charge in [-0.2, -0.15) is 0 Å². The first-order chi connectivity index (χ1) is 8.49. The first-order valence-electron chi connectivity index (χ1n) is 6.32. The number of ether oxygens (including phenoxy) is 2. The van der Waals surface area contributed by atoms with E-state index < -0.39 is 0 Å². The lowest BCUT2D eigenvalue weighted by molar-refractivity contribution is 0.0277. The Labute approximate surface area is 109 Å². The average molecular weight is 250 g/mol. The summed E-state index contributed by atoms with van der Waals surface area (Å²) in [5.41, 5.74) is 2.74. The van der Waals surface area contributed by atoms with Crippen LogP contribution in [0.1, 0.15) is 35.3 Å². The van der Waals surface area contributed by atoms with E-state index in [0.717, 1.165) is 11.1 Å². The summed E-state index contributed by atoms with van der Waals surface area (Å²) < 4.78 is 10.5. The van der Waals surface area contributed by atoms with Crippen molar-refractivity contribution in [2.24, 2.45) is 5.92 Å². The summed E-state index contributed by atoms with van der Waals surface area (Å²) in [4.78, 5) is 11.8. The fourth-order valence-electron chi connectivity index (χ4n) is 1.69. The first kappa shape index (κ1) is 14.7. The highest BCUT2D eigenvalue weighted by molar-refractivity contribution is 5.89. The van der Waals surface area contributed by atoms with Crippen LogP contribution in [-0.4, -0.2) is 25.8 Å². The second-order valence-corrected chi connectivity index (χ2v) is 4.98. The Hall–Kier alpha value is -1.35. The van der Waals surface area contributed by atoms with E-state index in [1.54, 1.807) is 0 Å². The quantitative estimate of drug-likeness (QED) is 0.575. The predicted octanol–water partition coefficient (Wildman–Crippen LogP) is 3.13. The molecule has 0 bridgehead atoms. The summed E-state index contributed by atoms with van der Waals surface area (Å²) in [7, 11) is 0. The number of benzene rings is 1. The van der Waals surface area contributed by atoms with Crippen molar-refractivity contribution >= 4 is 5.97 Å². The highest BCUT2D eigenvalue weighted by Gasteiger charge is 2.07. The van der Waals surface area contributed by atoms with Gasteiger partial charge in [0.2, 0.25) is 0 Å². The Morgan fingerprint density at radius 3 is 2.28 bits per heavy atom. The van der Waals surface area contributed by atoms with Crippen LogP contribution in [0, 0.1) is 19.8 Å². The lowest BCUT2D eigenvalue weighted by Crippen LogP contribution is -2.13. The van der Waals surface area contributed by atoms with Crippen molar-refractivity contribution in [2.45, 2.75) is 27.7 Å². The second kappa shape index (κ2) is 7.17. The zero-order valence-electron chi connectivity index (χ0n) is 11.7. The minimum atomic E-state index is -0.282. The molecular weight excluding hydrogens is 228 g/mol. The molecule has 1 aromatic carbocycles. The molecule has 3 nitrogen and oxygen atoms in total. The molecule has 3 heteroatoms.